The van der Waals surface area contributed by atoms with Crippen LogP contribution in [-0.4, -0.2) is 65.7 Å². The number of anilines is 1. The van der Waals surface area contributed by atoms with Crippen LogP contribution in [0.1, 0.15) is 18.0 Å². The van der Waals surface area contributed by atoms with Crippen molar-refractivity contribution in [1.29, 1.82) is 0 Å². The van der Waals surface area contributed by atoms with Gasteiger partial charge in [-0.2, -0.15) is 9.97 Å². The lowest BCUT2D eigenvalue weighted by atomic mass is 10.1. The Hall–Kier alpha value is -2.01. The molecule has 0 radical (unpaired) electrons. The number of rotatable bonds is 6. The minimum Gasteiger partial charge on any atom is -0.394 e. The van der Waals surface area contributed by atoms with Gasteiger partial charge < -0.3 is 30.9 Å². The number of fused-ring (bicyclic) bond motifs is 1. The largest absolute Gasteiger partial charge is 0.394 e. The lowest BCUT2D eigenvalue weighted by Crippen LogP contribution is -2.35. The standard InChI is InChI=1S/C19H23ClN6O3.ClH/c20-19-24-17(23-11(8-27)6-10-4-2-1-3-5-10)14-18(25-19)26(9-22-14)13-7-12(21)15(28)16(13)29;/h1-5,9,11-13,15-16,27-29H,6-8,21H2,(H,23,24,25);1H/t11-,12-,13+,15+,16-;/m0./s1. The van der Waals surface area contributed by atoms with Crippen molar-refractivity contribution in [3.8, 4) is 0 Å². The van der Waals surface area contributed by atoms with Crippen molar-refractivity contribution in [2.45, 2.75) is 43.2 Å². The summed E-state index contributed by atoms with van der Waals surface area (Å²) in [7, 11) is 0. The van der Waals surface area contributed by atoms with E-state index in [9.17, 15) is 15.3 Å². The topological polar surface area (TPSA) is 142 Å². The lowest BCUT2D eigenvalue weighted by Gasteiger charge is -2.19. The number of halogens is 2. The molecule has 1 saturated carbocycles. The fourth-order valence-electron chi connectivity index (χ4n) is 3.80. The Morgan fingerprint density at radius 3 is 2.57 bits per heavy atom. The molecular weight excluding hydrogens is 431 g/mol. The Morgan fingerprint density at radius 1 is 1.20 bits per heavy atom. The number of aromatic nitrogens is 4. The number of nitrogens with one attached hydrogen (secondary N) is 1. The van der Waals surface area contributed by atoms with Gasteiger partial charge in [-0.15, -0.1) is 12.4 Å². The molecule has 1 aliphatic rings. The Kier molecular flexibility index (Phi) is 7.12. The van der Waals surface area contributed by atoms with Crippen molar-refractivity contribution in [3.63, 3.8) is 0 Å². The fourth-order valence-corrected chi connectivity index (χ4v) is 3.97. The van der Waals surface area contributed by atoms with Crippen LogP contribution in [-0.2, 0) is 6.42 Å². The summed E-state index contributed by atoms with van der Waals surface area (Å²) in [5, 5.41) is 33.4. The first kappa shape index (κ1) is 22.7. The van der Waals surface area contributed by atoms with Gasteiger partial charge >= 0.3 is 0 Å². The second-order valence-electron chi connectivity index (χ2n) is 7.33. The zero-order chi connectivity index (χ0) is 20.5. The average molecular weight is 455 g/mol. The first-order valence-corrected chi connectivity index (χ1v) is 9.79. The summed E-state index contributed by atoms with van der Waals surface area (Å²) >= 11 is 6.14. The van der Waals surface area contributed by atoms with Gasteiger partial charge in [0.25, 0.3) is 0 Å². The lowest BCUT2D eigenvalue weighted by molar-refractivity contribution is 0.0187. The first-order valence-electron chi connectivity index (χ1n) is 9.41. The quantitative estimate of drug-likeness (QED) is 0.346. The second-order valence-corrected chi connectivity index (χ2v) is 7.67. The third-order valence-electron chi connectivity index (χ3n) is 5.33. The van der Waals surface area contributed by atoms with Crippen LogP contribution in [0.4, 0.5) is 5.82 Å². The maximum Gasteiger partial charge on any atom is 0.226 e. The van der Waals surface area contributed by atoms with Crippen LogP contribution in [0.5, 0.6) is 0 Å². The van der Waals surface area contributed by atoms with Gasteiger partial charge in [-0.3, -0.25) is 0 Å². The van der Waals surface area contributed by atoms with Crippen molar-refractivity contribution in [2.24, 2.45) is 5.73 Å². The van der Waals surface area contributed by atoms with Crippen LogP contribution < -0.4 is 11.1 Å². The Bertz CT molecular complexity index is 989. The van der Waals surface area contributed by atoms with Gasteiger partial charge in [-0.25, -0.2) is 4.98 Å². The van der Waals surface area contributed by atoms with E-state index in [4.69, 9.17) is 17.3 Å². The number of hydrogen-bond acceptors (Lipinski definition) is 8. The Morgan fingerprint density at radius 2 is 1.93 bits per heavy atom. The number of aliphatic hydroxyl groups is 3. The summed E-state index contributed by atoms with van der Waals surface area (Å²) in [6.07, 6.45) is 0.451. The van der Waals surface area contributed by atoms with Gasteiger partial charge in [0.15, 0.2) is 17.0 Å². The molecule has 0 bridgehead atoms. The second kappa shape index (κ2) is 9.42. The number of aliphatic hydroxyl groups excluding tert-OH is 3. The fraction of sp³-hybridized carbons (Fsp3) is 0.421. The van der Waals surface area contributed by atoms with Crippen LogP contribution in [0.15, 0.2) is 36.7 Å². The van der Waals surface area contributed by atoms with E-state index in [-0.39, 0.29) is 30.3 Å². The molecule has 4 rings (SSSR count). The summed E-state index contributed by atoms with van der Waals surface area (Å²) in [6, 6.07) is 8.48. The predicted molar refractivity (Wildman–Crippen MR) is 116 cm³/mol. The van der Waals surface area contributed by atoms with Crippen molar-refractivity contribution < 1.29 is 15.3 Å². The van der Waals surface area contributed by atoms with Gasteiger partial charge in [0.05, 0.1) is 31.1 Å². The predicted octanol–water partition coefficient (Wildman–Crippen LogP) is 0.911. The highest BCUT2D eigenvalue weighted by Crippen LogP contribution is 2.33. The van der Waals surface area contributed by atoms with Crippen LogP contribution >= 0.6 is 24.0 Å². The van der Waals surface area contributed by atoms with E-state index in [1.165, 1.54) is 6.33 Å². The summed E-state index contributed by atoms with van der Waals surface area (Å²) in [4.78, 5) is 12.9. The van der Waals surface area contributed by atoms with Gasteiger partial charge in [0.2, 0.25) is 5.28 Å². The highest BCUT2D eigenvalue weighted by molar-refractivity contribution is 6.28. The number of imidazole rings is 1. The number of hydrogen-bond donors (Lipinski definition) is 5. The zero-order valence-electron chi connectivity index (χ0n) is 16.0. The van der Waals surface area contributed by atoms with Crippen molar-refractivity contribution in [1.82, 2.24) is 19.5 Å². The summed E-state index contributed by atoms with van der Waals surface area (Å²) in [5.74, 6) is 0.395. The van der Waals surface area contributed by atoms with E-state index in [1.54, 1.807) is 4.57 Å². The summed E-state index contributed by atoms with van der Waals surface area (Å²) in [6.45, 7) is -0.110. The minimum atomic E-state index is -1.03. The van der Waals surface area contributed by atoms with E-state index < -0.39 is 24.3 Å². The maximum atomic E-state index is 10.3. The van der Waals surface area contributed by atoms with E-state index in [2.05, 4.69) is 20.3 Å². The molecule has 1 aromatic carbocycles. The normalized spacial score (nSPS) is 24.6. The molecule has 1 aliphatic carbocycles. The third kappa shape index (κ3) is 4.36. The van der Waals surface area contributed by atoms with Crippen molar-refractivity contribution >= 4 is 41.0 Å². The molecule has 0 unspecified atom stereocenters. The van der Waals surface area contributed by atoms with Gasteiger partial charge in [-0.05, 0) is 30.0 Å². The number of benzene rings is 1. The molecule has 9 nitrogen and oxygen atoms in total. The smallest absolute Gasteiger partial charge is 0.226 e. The molecule has 162 valence electrons. The molecule has 0 saturated heterocycles. The molecule has 3 aromatic rings. The van der Waals surface area contributed by atoms with Crippen molar-refractivity contribution in [2.75, 3.05) is 11.9 Å². The first-order chi connectivity index (χ1) is 14.0. The molecule has 11 heteroatoms. The minimum absolute atomic E-state index is 0. The molecule has 5 atom stereocenters. The molecule has 2 aromatic heterocycles. The third-order valence-corrected chi connectivity index (χ3v) is 5.50. The van der Waals surface area contributed by atoms with E-state index in [0.717, 1.165) is 5.56 Å². The van der Waals surface area contributed by atoms with Gasteiger partial charge in [0, 0.05) is 6.04 Å². The monoisotopic (exact) mass is 454 g/mol. The van der Waals surface area contributed by atoms with Gasteiger partial charge in [-0.1, -0.05) is 30.3 Å². The van der Waals surface area contributed by atoms with E-state index >= 15 is 0 Å². The zero-order valence-corrected chi connectivity index (χ0v) is 17.5. The molecule has 0 amide bonds. The van der Waals surface area contributed by atoms with Crippen LogP contribution in [0, 0.1) is 0 Å². The maximum absolute atomic E-state index is 10.3. The molecule has 1 fully saturated rings. The van der Waals surface area contributed by atoms with Crippen LogP contribution in [0.2, 0.25) is 5.28 Å². The molecule has 30 heavy (non-hydrogen) atoms. The van der Waals surface area contributed by atoms with Gasteiger partial charge in [0.1, 0.15) is 6.10 Å². The highest BCUT2D eigenvalue weighted by atomic mass is 35.5. The van der Waals surface area contributed by atoms with Crippen molar-refractivity contribution in [3.05, 3.63) is 47.5 Å². The molecule has 0 aliphatic heterocycles. The van der Waals surface area contributed by atoms with Crippen LogP contribution in [0.25, 0.3) is 11.2 Å². The summed E-state index contributed by atoms with van der Waals surface area (Å²) < 4.78 is 1.67. The van der Waals surface area contributed by atoms with E-state index in [0.29, 0.717) is 29.8 Å². The Balaban J connectivity index is 0.00000256. The molecule has 6 N–H and O–H groups in total. The average Bonchev–Trinajstić information content (AvgIpc) is 3.24. The number of nitrogens with two attached hydrogens (primary N) is 1. The number of nitrogens with zero attached hydrogens (tertiary/aromatic N) is 4. The Labute approximate surface area is 184 Å². The van der Waals surface area contributed by atoms with E-state index in [1.807, 2.05) is 30.3 Å². The molecule has 2 heterocycles. The SMILES string of the molecule is Cl.N[C@H]1C[C@@H](n2cnc3c(N[C@H](CO)Cc4ccccc4)nc(Cl)nc32)[C@H](O)[C@@H]1O. The molecule has 0 spiro atoms. The van der Waals surface area contributed by atoms with Crippen LogP contribution in [0.3, 0.4) is 0 Å². The summed E-state index contributed by atoms with van der Waals surface area (Å²) in [5.41, 5.74) is 7.84. The molecular formula is C19H24Cl2N6O3. The highest BCUT2D eigenvalue weighted by Gasteiger charge is 2.41.